The lowest BCUT2D eigenvalue weighted by Gasteiger charge is -2.07. The summed E-state index contributed by atoms with van der Waals surface area (Å²) >= 11 is 13.5. The Labute approximate surface area is 126 Å². The van der Waals surface area contributed by atoms with Crippen molar-refractivity contribution in [3.8, 4) is 0 Å². The van der Waals surface area contributed by atoms with Crippen molar-refractivity contribution < 1.29 is 0 Å². The van der Waals surface area contributed by atoms with E-state index in [0.29, 0.717) is 10.0 Å². The smallest absolute Gasteiger partial charge is 0.123 e. The third-order valence-corrected chi connectivity index (χ3v) is 4.33. The number of hydrogen-bond acceptors (Lipinski definition) is 2. The molecule has 0 fully saturated rings. The van der Waals surface area contributed by atoms with Crippen LogP contribution in [0, 0.1) is 12.3 Å². The van der Waals surface area contributed by atoms with Crippen molar-refractivity contribution in [2.45, 2.75) is 16.7 Å². The van der Waals surface area contributed by atoms with Gasteiger partial charge in [-0.05, 0) is 48.9 Å². The van der Waals surface area contributed by atoms with Crippen LogP contribution in [0.25, 0.3) is 0 Å². The molecule has 0 aliphatic carbocycles. The lowest BCUT2D eigenvalue weighted by molar-refractivity contribution is 1.30. The molecule has 0 saturated heterocycles. The van der Waals surface area contributed by atoms with E-state index in [1.54, 1.807) is 17.8 Å². The molecule has 0 amide bonds. The van der Waals surface area contributed by atoms with Gasteiger partial charge in [-0.3, -0.25) is 5.41 Å². The molecule has 0 saturated carbocycles. The highest BCUT2D eigenvalue weighted by molar-refractivity contribution is 7.99. The van der Waals surface area contributed by atoms with Gasteiger partial charge < -0.3 is 5.73 Å². The number of aryl methyl sites for hydroxylation is 1. The summed E-state index contributed by atoms with van der Waals surface area (Å²) < 4.78 is 0. The lowest BCUT2D eigenvalue weighted by Crippen LogP contribution is -2.12. The molecule has 0 bridgehead atoms. The van der Waals surface area contributed by atoms with Gasteiger partial charge in [0, 0.05) is 15.4 Å². The zero-order valence-corrected chi connectivity index (χ0v) is 12.5. The van der Waals surface area contributed by atoms with E-state index in [-0.39, 0.29) is 5.84 Å². The largest absolute Gasteiger partial charge is 0.384 e. The second-order valence-corrected chi connectivity index (χ2v) is 6.03. The van der Waals surface area contributed by atoms with Crippen LogP contribution in [0.2, 0.25) is 10.0 Å². The molecule has 0 aromatic heterocycles. The highest BCUT2D eigenvalue weighted by Gasteiger charge is 2.05. The lowest BCUT2D eigenvalue weighted by atomic mass is 10.1. The van der Waals surface area contributed by atoms with Gasteiger partial charge in [0.15, 0.2) is 0 Å². The molecular formula is C14H12Cl2N2S. The summed E-state index contributed by atoms with van der Waals surface area (Å²) in [6.07, 6.45) is 0. The first kappa shape index (κ1) is 14.3. The van der Waals surface area contributed by atoms with Gasteiger partial charge in [0.25, 0.3) is 0 Å². The third-order valence-electron chi connectivity index (χ3n) is 2.61. The fourth-order valence-corrected chi connectivity index (χ4v) is 3.00. The van der Waals surface area contributed by atoms with Gasteiger partial charge in [0.1, 0.15) is 5.84 Å². The number of rotatable bonds is 3. The minimum Gasteiger partial charge on any atom is -0.384 e. The maximum absolute atomic E-state index is 7.46. The zero-order chi connectivity index (χ0) is 14.0. The highest BCUT2D eigenvalue weighted by Crippen LogP contribution is 2.33. The Morgan fingerprint density at radius 3 is 2.26 bits per heavy atom. The fraction of sp³-hybridized carbons (Fsp3) is 0.0714. The van der Waals surface area contributed by atoms with E-state index >= 15 is 0 Å². The minimum absolute atomic E-state index is 0.0867. The number of halogens is 2. The molecular weight excluding hydrogens is 299 g/mol. The van der Waals surface area contributed by atoms with Gasteiger partial charge in [-0.25, -0.2) is 0 Å². The van der Waals surface area contributed by atoms with Gasteiger partial charge in [-0.2, -0.15) is 0 Å². The second-order valence-electron chi connectivity index (χ2n) is 4.07. The minimum atomic E-state index is 0.0867. The summed E-state index contributed by atoms with van der Waals surface area (Å²) in [6, 6.07) is 11.3. The molecule has 2 rings (SSSR count). The molecule has 2 aromatic carbocycles. The first-order valence-electron chi connectivity index (χ1n) is 5.55. The molecule has 0 aliphatic heterocycles. The SMILES string of the molecule is Cc1cc(Sc2ccc(Cl)c(Cl)c2)ccc1C(=N)N. The average molecular weight is 311 g/mol. The summed E-state index contributed by atoms with van der Waals surface area (Å²) in [5, 5.41) is 8.55. The van der Waals surface area contributed by atoms with Crippen molar-refractivity contribution in [3.05, 3.63) is 57.6 Å². The Kier molecular flexibility index (Phi) is 4.40. The van der Waals surface area contributed by atoms with E-state index in [9.17, 15) is 0 Å². The predicted octanol–water partition coefficient (Wildman–Crippen LogP) is 4.74. The summed E-state index contributed by atoms with van der Waals surface area (Å²) in [5.74, 6) is 0.0867. The van der Waals surface area contributed by atoms with E-state index in [0.717, 1.165) is 20.9 Å². The van der Waals surface area contributed by atoms with Gasteiger partial charge in [0.2, 0.25) is 0 Å². The molecule has 0 aliphatic rings. The standard InChI is InChI=1S/C14H12Cl2N2S/c1-8-6-9(2-4-11(8)14(17)18)19-10-3-5-12(15)13(16)7-10/h2-7H,1H3,(H3,17,18). The Bertz CT molecular complexity index is 641. The van der Waals surface area contributed by atoms with Gasteiger partial charge in [-0.15, -0.1) is 0 Å². The Morgan fingerprint density at radius 2 is 1.68 bits per heavy atom. The second kappa shape index (κ2) is 5.87. The fourth-order valence-electron chi connectivity index (χ4n) is 1.68. The normalized spacial score (nSPS) is 10.5. The van der Waals surface area contributed by atoms with E-state index < -0.39 is 0 Å². The van der Waals surface area contributed by atoms with Crippen LogP contribution in [0.15, 0.2) is 46.2 Å². The highest BCUT2D eigenvalue weighted by atomic mass is 35.5. The van der Waals surface area contributed by atoms with E-state index in [1.807, 2.05) is 37.3 Å². The van der Waals surface area contributed by atoms with Gasteiger partial charge in [0.05, 0.1) is 10.0 Å². The van der Waals surface area contributed by atoms with Gasteiger partial charge in [-0.1, -0.05) is 35.0 Å². The molecule has 5 heteroatoms. The maximum Gasteiger partial charge on any atom is 0.123 e. The molecule has 19 heavy (non-hydrogen) atoms. The number of nitrogens with two attached hydrogens (primary N) is 1. The van der Waals surface area contributed by atoms with Crippen LogP contribution in [-0.4, -0.2) is 5.84 Å². The maximum atomic E-state index is 7.46. The van der Waals surface area contributed by atoms with Crippen LogP contribution in [0.1, 0.15) is 11.1 Å². The molecule has 98 valence electrons. The van der Waals surface area contributed by atoms with E-state index in [1.165, 1.54) is 0 Å². The van der Waals surface area contributed by atoms with E-state index in [2.05, 4.69) is 0 Å². The monoisotopic (exact) mass is 310 g/mol. The van der Waals surface area contributed by atoms with Crippen molar-refractivity contribution in [1.82, 2.24) is 0 Å². The average Bonchev–Trinajstić information content (AvgIpc) is 2.33. The molecule has 0 radical (unpaired) electrons. The van der Waals surface area contributed by atoms with Crippen LogP contribution in [-0.2, 0) is 0 Å². The molecule has 0 atom stereocenters. The van der Waals surface area contributed by atoms with Crippen LogP contribution >= 0.6 is 35.0 Å². The number of nitrogen functional groups attached to an aromatic ring is 1. The molecule has 0 spiro atoms. The van der Waals surface area contributed by atoms with Crippen LogP contribution in [0.5, 0.6) is 0 Å². The number of nitrogens with one attached hydrogen (secondary N) is 1. The van der Waals surface area contributed by atoms with Crippen molar-refractivity contribution in [2.75, 3.05) is 0 Å². The first-order chi connectivity index (χ1) is 8.97. The predicted molar refractivity (Wildman–Crippen MR) is 82.8 cm³/mol. The van der Waals surface area contributed by atoms with Crippen molar-refractivity contribution in [2.24, 2.45) is 5.73 Å². The van der Waals surface area contributed by atoms with Crippen LogP contribution in [0.4, 0.5) is 0 Å². The summed E-state index contributed by atoms with van der Waals surface area (Å²) in [5.41, 5.74) is 7.24. The van der Waals surface area contributed by atoms with Crippen molar-refractivity contribution >= 4 is 40.8 Å². The van der Waals surface area contributed by atoms with E-state index in [4.69, 9.17) is 34.3 Å². The molecule has 0 heterocycles. The Balaban J connectivity index is 2.26. The van der Waals surface area contributed by atoms with Crippen LogP contribution in [0.3, 0.4) is 0 Å². The van der Waals surface area contributed by atoms with Crippen molar-refractivity contribution in [1.29, 1.82) is 5.41 Å². The number of benzene rings is 2. The summed E-state index contributed by atoms with van der Waals surface area (Å²) in [6.45, 7) is 1.94. The van der Waals surface area contributed by atoms with Crippen LogP contribution < -0.4 is 5.73 Å². The third kappa shape index (κ3) is 3.44. The number of amidine groups is 1. The Morgan fingerprint density at radius 1 is 1.05 bits per heavy atom. The molecule has 2 aromatic rings. The Hall–Kier alpha value is -1.16. The first-order valence-corrected chi connectivity index (χ1v) is 7.12. The molecule has 3 N–H and O–H groups in total. The quantitative estimate of drug-likeness (QED) is 0.635. The van der Waals surface area contributed by atoms with Crippen molar-refractivity contribution in [3.63, 3.8) is 0 Å². The topological polar surface area (TPSA) is 49.9 Å². The summed E-state index contributed by atoms with van der Waals surface area (Å²) in [4.78, 5) is 2.09. The molecule has 2 nitrogen and oxygen atoms in total. The zero-order valence-electron chi connectivity index (χ0n) is 10.2. The molecule has 0 unspecified atom stereocenters. The number of hydrogen-bond donors (Lipinski definition) is 2. The van der Waals surface area contributed by atoms with Gasteiger partial charge >= 0.3 is 0 Å². The summed E-state index contributed by atoms with van der Waals surface area (Å²) in [7, 11) is 0.